The fourth-order valence-electron chi connectivity index (χ4n) is 2.77. The van der Waals surface area contributed by atoms with Crippen LogP contribution in [0.15, 0.2) is 18.2 Å². The number of carbonyl (C=O) groups excluding carboxylic acids is 1. The summed E-state index contributed by atoms with van der Waals surface area (Å²) in [7, 11) is 0. The van der Waals surface area contributed by atoms with Gasteiger partial charge in [-0.25, -0.2) is 0 Å². The second kappa shape index (κ2) is 6.20. The Bertz CT molecular complexity index is 456. The first-order valence-corrected chi connectivity index (χ1v) is 7.22. The quantitative estimate of drug-likeness (QED) is 0.803. The summed E-state index contributed by atoms with van der Waals surface area (Å²) in [5.74, 6) is 0.0468. The van der Waals surface area contributed by atoms with Gasteiger partial charge in [0.2, 0.25) is 5.91 Å². The van der Waals surface area contributed by atoms with E-state index >= 15 is 0 Å². The van der Waals surface area contributed by atoms with Gasteiger partial charge >= 0.3 is 0 Å². The van der Waals surface area contributed by atoms with Gasteiger partial charge in [-0.3, -0.25) is 4.79 Å². The fourth-order valence-corrected chi connectivity index (χ4v) is 2.77. The molecule has 0 spiro atoms. The third kappa shape index (κ3) is 3.35. The summed E-state index contributed by atoms with van der Waals surface area (Å²) in [5.41, 5.74) is 9.39. The third-order valence-corrected chi connectivity index (χ3v) is 4.27. The number of nitrogens with one attached hydrogen (secondary N) is 1. The molecule has 3 N–H and O–H groups in total. The number of rotatable bonds is 2. The van der Waals surface area contributed by atoms with Gasteiger partial charge in [0, 0.05) is 11.7 Å². The van der Waals surface area contributed by atoms with Crippen molar-refractivity contribution in [2.75, 3.05) is 5.32 Å². The standard InChI is InChI=1S/C16H24N2O/c1-11-7-6-10-15(12(11)2)18-16(19)13-8-4-3-5-9-14(13)17/h6-7,10,13-14H,3-5,8-9,17H2,1-2H3,(H,18,19). The van der Waals surface area contributed by atoms with Gasteiger partial charge in [0.25, 0.3) is 0 Å². The number of nitrogens with two attached hydrogens (primary N) is 1. The molecule has 1 aliphatic rings. The molecule has 0 bridgehead atoms. The van der Waals surface area contributed by atoms with E-state index in [1.54, 1.807) is 0 Å². The van der Waals surface area contributed by atoms with E-state index in [0.29, 0.717) is 0 Å². The van der Waals surface area contributed by atoms with Gasteiger partial charge < -0.3 is 11.1 Å². The van der Waals surface area contributed by atoms with E-state index in [9.17, 15) is 4.79 Å². The van der Waals surface area contributed by atoms with Gasteiger partial charge in [-0.05, 0) is 43.9 Å². The van der Waals surface area contributed by atoms with Crippen molar-refractivity contribution in [2.45, 2.75) is 52.0 Å². The number of benzene rings is 1. The molecule has 1 amide bonds. The van der Waals surface area contributed by atoms with Crippen molar-refractivity contribution in [3.63, 3.8) is 0 Å². The summed E-state index contributed by atoms with van der Waals surface area (Å²) in [6, 6.07) is 6.00. The van der Waals surface area contributed by atoms with Crippen LogP contribution >= 0.6 is 0 Å². The Morgan fingerprint density at radius 2 is 1.95 bits per heavy atom. The Morgan fingerprint density at radius 1 is 1.21 bits per heavy atom. The van der Waals surface area contributed by atoms with Crippen LogP contribution in [0.25, 0.3) is 0 Å². The molecule has 1 aromatic rings. The predicted molar refractivity (Wildman–Crippen MR) is 79.1 cm³/mol. The monoisotopic (exact) mass is 260 g/mol. The number of aryl methyl sites for hydroxylation is 1. The minimum Gasteiger partial charge on any atom is -0.327 e. The lowest BCUT2D eigenvalue weighted by Gasteiger charge is -2.21. The molecule has 2 rings (SSSR count). The van der Waals surface area contributed by atoms with Crippen LogP contribution in [-0.2, 0) is 4.79 Å². The van der Waals surface area contributed by atoms with Gasteiger partial charge in [-0.15, -0.1) is 0 Å². The third-order valence-electron chi connectivity index (χ3n) is 4.27. The first-order chi connectivity index (χ1) is 9.09. The molecule has 0 aromatic heterocycles. The minimum absolute atomic E-state index is 0.00705. The summed E-state index contributed by atoms with van der Waals surface area (Å²) in [4.78, 5) is 12.4. The van der Waals surface area contributed by atoms with Crippen molar-refractivity contribution in [2.24, 2.45) is 11.7 Å². The van der Waals surface area contributed by atoms with E-state index in [1.165, 1.54) is 12.0 Å². The highest BCUT2D eigenvalue weighted by Crippen LogP contribution is 2.25. The molecule has 3 nitrogen and oxygen atoms in total. The number of carbonyl (C=O) groups is 1. The van der Waals surface area contributed by atoms with Crippen molar-refractivity contribution in [3.05, 3.63) is 29.3 Å². The average Bonchev–Trinajstić information content (AvgIpc) is 2.59. The number of amides is 1. The molecule has 0 saturated heterocycles. The van der Waals surface area contributed by atoms with E-state index in [2.05, 4.69) is 18.3 Å². The SMILES string of the molecule is Cc1cccc(NC(=O)C2CCCCCC2N)c1C. The lowest BCUT2D eigenvalue weighted by Crippen LogP contribution is -2.37. The second-order valence-corrected chi connectivity index (χ2v) is 5.65. The second-order valence-electron chi connectivity index (χ2n) is 5.65. The van der Waals surface area contributed by atoms with Crippen molar-refractivity contribution in [1.82, 2.24) is 0 Å². The molecule has 2 atom stereocenters. The van der Waals surface area contributed by atoms with E-state index in [-0.39, 0.29) is 17.9 Å². The molecule has 2 unspecified atom stereocenters. The Morgan fingerprint density at radius 3 is 2.74 bits per heavy atom. The molecule has 1 fully saturated rings. The molecule has 0 heterocycles. The highest BCUT2D eigenvalue weighted by atomic mass is 16.1. The molecule has 104 valence electrons. The molecule has 19 heavy (non-hydrogen) atoms. The highest BCUT2D eigenvalue weighted by Gasteiger charge is 2.27. The molecule has 3 heteroatoms. The largest absolute Gasteiger partial charge is 0.327 e. The van der Waals surface area contributed by atoms with Crippen LogP contribution in [0.3, 0.4) is 0 Å². The van der Waals surface area contributed by atoms with Crippen molar-refractivity contribution in [3.8, 4) is 0 Å². The van der Waals surface area contributed by atoms with Crippen LogP contribution in [0, 0.1) is 19.8 Å². The Labute approximate surface area is 115 Å². The van der Waals surface area contributed by atoms with Crippen molar-refractivity contribution < 1.29 is 4.79 Å². The smallest absolute Gasteiger partial charge is 0.229 e. The van der Waals surface area contributed by atoms with Crippen LogP contribution in [0.5, 0.6) is 0 Å². The molecular weight excluding hydrogens is 236 g/mol. The first kappa shape index (κ1) is 14.1. The number of anilines is 1. The fraction of sp³-hybridized carbons (Fsp3) is 0.562. The summed E-state index contributed by atoms with van der Waals surface area (Å²) >= 11 is 0. The van der Waals surface area contributed by atoms with Crippen LogP contribution in [0.1, 0.15) is 43.2 Å². The van der Waals surface area contributed by atoms with E-state index in [1.807, 2.05) is 19.1 Å². The minimum atomic E-state index is -0.0394. The van der Waals surface area contributed by atoms with Crippen LogP contribution < -0.4 is 11.1 Å². The molecular formula is C16H24N2O. The van der Waals surface area contributed by atoms with Gasteiger partial charge in [0.05, 0.1) is 5.92 Å². The highest BCUT2D eigenvalue weighted by molar-refractivity contribution is 5.93. The zero-order valence-corrected chi connectivity index (χ0v) is 11.9. The summed E-state index contributed by atoms with van der Waals surface area (Å²) in [5, 5.41) is 3.06. The molecule has 0 radical (unpaired) electrons. The van der Waals surface area contributed by atoms with Gasteiger partial charge in [-0.2, -0.15) is 0 Å². The van der Waals surface area contributed by atoms with Crippen LogP contribution in [0.2, 0.25) is 0 Å². The van der Waals surface area contributed by atoms with Crippen LogP contribution in [0.4, 0.5) is 5.69 Å². The lowest BCUT2D eigenvalue weighted by atomic mass is 9.94. The van der Waals surface area contributed by atoms with Crippen molar-refractivity contribution in [1.29, 1.82) is 0 Å². The predicted octanol–water partition coefficient (Wildman–Crippen LogP) is 3.15. The summed E-state index contributed by atoms with van der Waals surface area (Å²) in [6.07, 6.45) is 5.33. The number of hydrogen-bond acceptors (Lipinski definition) is 2. The van der Waals surface area contributed by atoms with E-state index < -0.39 is 0 Å². The molecule has 1 aliphatic carbocycles. The zero-order valence-electron chi connectivity index (χ0n) is 11.9. The van der Waals surface area contributed by atoms with E-state index in [4.69, 9.17) is 5.73 Å². The molecule has 1 saturated carbocycles. The summed E-state index contributed by atoms with van der Waals surface area (Å²) < 4.78 is 0. The Hall–Kier alpha value is -1.35. The van der Waals surface area contributed by atoms with Crippen molar-refractivity contribution >= 4 is 11.6 Å². The maximum atomic E-state index is 12.4. The zero-order chi connectivity index (χ0) is 13.8. The average molecular weight is 260 g/mol. The lowest BCUT2D eigenvalue weighted by molar-refractivity contribution is -0.120. The summed E-state index contributed by atoms with van der Waals surface area (Å²) in [6.45, 7) is 4.10. The number of hydrogen-bond donors (Lipinski definition) is 2. The Balaban J connectivity index is 2.09. The van der Waals surface area contributed by atoms with Gasteiger partial charge in [-0.1, -0.05) is 31.4 Å². The van der Waals surface area contributed by atoms with Crippen LogP contribution in [-0.4, -0.2) is 11.9 Å². The van der Waals surface area contributed by atoms with Gasteiger partial charge in [0.15, 0.2) is 0 Å². The normalized spacial score (nSPS) is 23.7. The molecule has 1 aromatic carbocycles. The molecule has 0 aliphatic heterocycles. The van der Waals surface area contributed by atoms with Gasteiger partial charge in [0.1, 0.15) is 0 Å². The first-order valence-electron chi connectivity index (χ1n) is 7.22. The maximum Gasteiger partial charge on any atom is 0.229 e. The maximum absolute atomic E-state index is 12.4. The Kier molecular flexibility index (Phi) is 4.59. The van der Waals surface area contributed by atoms with E-state index in [0.717, 1.165) is 36.9 Å². The topological polar surface area (TPSA) is 55.1 Å².